The summed E-state index contributed by atoms with van der Waals surface area (Å²) in [6.45, 7) is 2.09. The average Bonchev–Trinajstić information content (AvgIpc) is 3.05. The normalized spacial score (nSPS) is 10.7. The Kier molecular flexibility index (Phi) is 4.68. The van der Waals surface area contributed by atoms with Crippen molar-refractivity contribution in [2.24, 2.45) is 0 Å². The van der Waals surface area contributed by atoms with Crippen LogP contribution in [0.4, 0.5) is 5.69 Å². The van der Waals surface area contributed by atoms with Crippen molar-refractivity contribution in [2.75, 3.05) is 5.75 Å². The fourth-order valence-electron chi connectivity index (χ4n) is 2.06. The molecule has 3 aromatic rings. The zero-order valence-electron chi connectivity index (χ0n) is 12.3. The van der Waals surface area contributed by atoms with Gasteiger partial charge in [-0.1, -0.05) is 6.92 Å². The Morgan fingerprint density at radius 3 is 2.70 bits per heavy atom. The van der Waals surface area contributed by atoms with E-state index in [-0.39, 0.29) is 5.69 Å². The van der Waals surface area contributed by atoms with Gasteiger partial charge in [-0.05, 0) is 30.0 Å². The lowest BCUT2D eigenvalue weighted by Gasteiger charge is -2.00. The van der Waals surface area contributed by atoms with Crippen molar-refractivity contribution in [3.63, 3.8) is 0 Å². The summed E-state index contributed by atoms with van der Waals surface area (Å²) >= 11 is 3.25. The van der Waals surface area contributed by atoms with E-state index in [1.54, 1.807) is 41.4 Å². The number of thioether (sulfide) groups is 1. The molecule has 2 aromatic heterocycles. The molecule has 0 N–H and O–H groups in total. The van der Waals surface area contributed by atoms with E-state index in [1.165, 1.54) is 12.1 Å². The molecular weight excluding hydrogens is 330 g/mol. The van der Waals surface area contributed by atoms with Crippen molar-refractivity contribution < 1.29 is 4.92 Å². The van der Waals surface area contributed by atoms with E-state index in [0.717, 1.165) is 32.6 Å². The van der Waals surface area contributed by atoms with Gasteiger partial charge in [-0.2, -0.15) is 0 Å². The first kappa shape index (κ1) is 15.6. The first-order chi connectivity index (χ1) is 11.2. The minimum atomic E-state index is -0.403. The first-order valence-corrected chi connectivity index (χ1v) is 8.83. The molecule has 0 unspecified atom stereocenters. The van der Waals surface area contributed by atoms with E-state index in [4.69, 9.17) is 0 Å². The largest absolute Gasteiger partial charge is 0.269 e. The highest BCUT2D eigenvalue weighted by Crippen LogP contribution is 2.31. The maximum atomic E-state index is 10.7. The summed E-state index contributed by atoms with van der Waals surface area (Å²) in [6, 6.07) is 10.4. The van der Waals surface area contributed by atoms with Crippen LogP contribution in [0.25, 0.3) is 21.8 Å². The number of thiazole rings is 1. The second-order valence-electron chi connectivity index (χ2n) is 4.66. The summed E-state index contributed by atoms with van der Waals surface area (Å²) in [5.74, 6) is 0.975. The van der Waals surface area contributed by atoms with E-state index >= 15 is 0 Å². The number of non-ortho nitro benzene ring substituents is 1. The number of benzene rings is 1. The van der Waals surface area contributed by atoms with E-state index in [9.17, 15) is 10.1 Å². The van der Waals surface area contributed by atoms with Crippen LogP contribution in [0, 0.1) is 10.1 Å². The fourth-order valence-corrected chi connectivity index (χ4v) is 3.53. The third kappa shape index (κ3) is 3.57. The van der Waals surface area contributed by atoms with Crippen LogP contribution in [0.2, 0.25) is 0 Å². The van der Waals surface area contributed by atoms with Gasteiger partial charge < -0.3 is 0 Å². The molecule has 0 aliphatic heterocycles. The first-order valence-electron chi connectivity index (χ1n) is 6.97. The molecular formula is C16H13N3O2S2. The summed E-state index contributed by atoms with van der Waals surface area (Å²) in [5.41, 5.74) is 2.81. The Morgan fingerprint density at radius 1 is 1.22 bits per heavy atom. The van der Waals surface area contributed by atoms with Gasteiger partial charge in [-0.3, -0.25) is 10.1 Å². The lowest BCUT2D eigenvalue weighted by Crippen LogP contribution is -1.87. The zero-order chi connectivity index (χ0) is 16.2. The molecule has 5 nitrogen and oxygen atoms in total. The minimum Gasteiger partial charge on any atom is -0.258 e. The lowest BCUT2D eigenvalue weighted by atomic mass is 10.1. The SMILES string of the molecule is CCSc1cc(-c2nc(-c3ccc([N+](=O)[O-])cc3)cs2)ccn1. The quantitative estimate of drug-likeness (QED) is 0.375. The van der Waals surface area contributed by atoms with E-state index in [2.05, 4.69) is 16.9 Å². The molecule has 0 saturated carbocycles. The number of hydrogen-bond acceptors (Lipinski definition) is 6. The van der Waals surface area contributed by atoms with Crippen LogP contribution in [-0.2, 0) is 0 Å². The van der Waals surface area contributed by atoms with Crippen molar-refractivity contribution in [3.8, 4) is 21.8 Å². The van der Waals surface area contributed by atoms with Crippen molar-refractivity contribution in [2.45, 2.75) is 11.9 Å². The summed E-state index contributed by atoms with van der Waals surface area (Å²) in [6.07, 6.45) is 1.79. The third-order valence-electron chi connectivity index (χ3n) is 3.15. The van der Waals surface area contributed by atoms with Gasteiger partial charge in [0.1, 0.15) is 5.01 Å². The second-order valence-corrected chi connectivity index (χ2v) is 6.80. The van der Waals surface area contributed by atoms with Crippen molar-refractivity contribution >= 4 is 28.8 Å². The smallest absolute Gasteiger partial charge is 0.258 e. The summed E-state index contributed by atoms with van der Waals surface area (Å²) in [7, 11) is 0. The maximum Gasteiger partial charge on any atom is 0.269 e. The molecule has 0 fully saturated rings. The molecule has 116 valence electrons. The molecule has 1 aromatic carbocycles. The highest BCUT2D eigenvalue weighted by molar-refractivity contribution is 7.99. The van der Waals surface area contributed by atoms with Gasteiger partial charge >= 0.3 is 0 Å². The van der Waals surface area contributed by atoms with Crippen molar-refractivity contribution in [1.82, 2.24) is 9.97 Å². The van der Waals surface area contributed by atoms with Crippen molar-refractivity contribution in [1.29, 1.82) is 0 Å². The second kappa shape index (κ2) is 6.89. The summed E-state index contributed by atoms with van der Waals surface area (Å²) < 4.78 is 0. The van der Waals surface area contributed by atoms with Crippen LogP contribution in [0.5, 0.6) is 0 Å². The molecule has 0 aliphatic rings. The standard InChI is InChI=1S/C16H13N3O2S2/c1-2-22-15-9-12(7-8-17-15)16-18-14(10-23-16)11-3-5-13(6-4-11)19(20)21/h3-10H,2H2,1H3. The summed E-state index contributed by atoms with van der Waals surface area (Å²) in [5, 5.41) is 14.6. The van der Waals surface area contributed by atoms with Gasteiger partial charge in [0.2, 0.25) is 0 Å². The van der Waals surface area contributed by atoms with Crippen LogP contribution in [0.3, 0.4) is 0 Å². The average molecular weight is 343 g/mol. The molecule has 0 radical (unpaired) electrons. The Morgan fingerprint density at radius 2 is 2.00 bits per heavy atom. The van der Waals surface area contributed by atoms with Gasteiger partial charge in [0.15, 0.2) is 0 Å². The number of aromatic nitrogens is 2. The van der Waals surface area contributed by atoms with Crippen molar-refractivity contribution in [3.05, 3.63) is 58.1 Å². The molecule has 3 rings (SSSR count). The van der Waals surface area contributed by atoms with Crippen LogP contribution in [0.1, 0.15) is 6.92 Å². The van der Waals surface area contributed by atoms with Gasteiger partial charge in [0.05, 0.1) is 15.6 Å². The van der Waals surface area contributed by atoms with E-state index < -0.39 is 4.92 Å². The number of nitro groups is 1. The Hall–Kier alpha value is -2.25. The van der Waals surface area contributed by atoms with E-state index in [1.807, 2.05) is 17.5 Å². The fraction of sp³-hybridized carbons (Fsp3) is 0.125. The number of nitrogens with zero attached hydrogens (tertiary/aromatic N) is 3. The molecule has 0 atom stereocenters. The molecule has 0 bridgehead atoms. The molecule has 2 heterocycles. The molecule has 0 saturated heterocycles. The predicted molar refractivity (Wildman–Crippen MR) is 93.8 cm³/mol. The monoisotopic (exact) mass is 343 g/mol. The van der Waals surface area contributed by atoms with E-state index in [0.29, 0.717) is 0 Å². The molecule has 7 heteroatoms. The number of nitro benzene ring substituents is 1. The maximum absolute atomic E-state index is 10.7. The third-order valence-corrected chi connectivity index (χ3v) is 4.85. The zero-order valence-corrected chi connectivity index (χ0v) is 13.9. The highest BCUT2D eigenvalue weighted by Gasteiger charge is 2.10. The van der Waals surface area contributed by atoms with Crippen LogP contribution in [-0.4, -0.2) is 20.6 Å². The van der Waals surface area contributed by atoms with Crippen LogP contribution >= 0.6 is 23.1 Å². The number of rotatable bonds is 5. The highest BCUT2D eigenvalue weighted by atomic mass is 32.2. The number of pyridine rings is 1. The predicted octanol–water partition coefficient (Wildman–Crippen LogP) is 4.89. The number of hydrogen-bond donors (Lipinski definition) is 0. The molecule has 0 spiro atoms. The van der Waals surface area contributed by atoms with Gasteiger partial charge in [0.25, 0.3) is 5.69 Å². The van der Waals surface area contributed by atoms with Gasteiger partial charge in [0, 0.05) is 34.8 Å². The lowest BCUT2D eigenvalue weighted by molar-refractivity contribution is -0.384. The Labute approximate surface area is 141 Å². The molecule has 0 aliphatic carbocycles. The van der Waals surface area contributed by atoms with Gasteiger partial charge in [-0.25, -0.2) is 9.97 Å². The van der Waals surface area contributed by atoms with Gasteiger partial charge in [-0.15, -0.1) is 23.1 Å². The molecule has 23 heavy (non-hydrogen) atoms. The summed E-state index contributed by atoms with van der Waals surface area (Å²) in [4.78, 5) is 19.3. The molecule has 0 amide bonds. The Balaban J connectivity index is 1.88. The van der Waals surface area contributed by atoms with Crippen LogP contribution in [0.15, 0.2) is 53.0 Å². The Bertz CT molecular complexity index is 831. The topological polar surface area (TPSA) is 68.9 Å². The minimum absolute atomic E-state index is 0.0829. The van der Waals surface area contributed by atoms with Crippen LogP contribution < -0.4 is 0 Å².